The van der Waals surface area contributed by atoms with E-state index in [0.29, 0.717) is 5.56 Å². The number of amides is 2. The fourth-order valence-electron chi connectivity index (χ4n) is 3.93. The highest BCUT2D eigenvalue weighted by Gasteiger charge is 2.43. The molecule has 1 aliphatic rings. The first-order valence-electron chi connectivity index (χ1n) is 8.54. The number of rotatable bonds is 3. The summed E-state index contributed by atoms with van der Waals surface area (Å²) in [6.07, 6.45) is 0. The maximum absolute atomic E-state index is 13.1. The van der Waals surface area contributed by atoms with E-state index in [4.69, 9.17) is 5.84 Å². The number of hydrogen-bond donors (Lipinski definition) is 3. The van der Waals surface area contributed by atoms with E-state index in [1.165, 1.54) is 0 Å². The van der Waals surface area contributed by atoms with E-state index in [1.807, 2.05) is 55.5 Å². The largest absolute Gasteiger partial charge is 0.358 e. The van der Waals surface area contributed by atoms with Gasteiger partial charge in [-0.3, -0.25) is 15.0 Å². The molecule has 4 rings (SSSR count). The molecule has 6 nitrogen and oxygen atoms in total. The summed E-state index contributed by atoms with van der Waals surface area (Å²) in [4.78, 5) is 30.3. The lowest BCUT2D eigenvalue weighted by atomic mass is 9.95. The molecular formula is C20H20N4O2. The summed E-state index contributed by atoms with van der Waals surface area (Å²) >= 11 is 0. The van der Waals surface area contributed by atoms with Crippen LogP contribution in [0.1, 0.15) is 40.1 Å². The van der Waals surface area contributed by atoms with Crippen LogP contribution in [0.15, 0.2) is 48.5 Å². The molecule has 132 valence electrons. The second-order valence-electron chi connectivity index (χ2n) is 6.60. The normalized spacial score (nSPS) is 17.4. The van der Waals surface area contributed by atoms with Crippen molar-refractivity contribution < 1.29 is 9.59 Å². The van der Waals surface area contributed by atoms with Crippen LogP contribution in [0.3, 0.4) is 0 Å². The van der Waals surface area contributed by atoms with Gasteiger partial charge in [-0.2, -0.15) is 0 Å². The number of aromatic nitrogens is 1. The van der Waals surface area contributed by atoms with Gasteiger partial charge in [-0.15, -0.1) is 0 Å². The zero-order valence-corrected chi connectivity index (χ0v) is 14.6. The molecule has 0 saturated carbocycles. The second kappa shape index (κ2) is 6.00. The standard InChI is InChI=1S/C20H20N4O2/c1-11-17(15-9-5-6-10-16(15)22-11)18-13-7-3-4-8-14(13)20(26)24(18)12(2)19(25)23-21/h3-10,12,18,22H,21H2,1-2H3,(H,23,25). The number of aromatic amines is 1. The summed E-state index contributed by atoms with van der Waals surface area (Å²) in [5.41, 5.74) is 6.69. The molecule has 0 spiro atoms. The summed E-state index contributed by atoms with van der Waals surface area (Å²) in [7, 11) is 0. The van der Waals surface area contributed by atoms with E-state index in [-0.39, 0.29) is 11.9 Å². The van der Waals surface area contributed by atoms with E-state index < -0.39 is 11.9 Å². The Hall–Kier alpha value is -3.12. The number of hydrazine groups is 1. The Bertz CT molecular complexity index is 1020. The van der Waals surface area contributed by atoms with Crippen LogP contribution in [0.2, 0.25) is 0 Å². The third-order valence-electron chi connectivity index (χ3n) is 5.15. The number of benzene rings is 2. The van der Waals surface area contributed by atoms with Crippen molar-refractivity contribution in [3.8, 4) is 0 Å². The molecule has 0 radical (unpaired) electrons. The monoisotopic (exact) mass is 348 g/mol. The minimum atomic E-state index is -0.696. The van der Waals surface area contributed by atoms with E-state index in [2.05, 4.69) is 10.4 Å². The average molecular weight is 348 g/mol. The van der Waals surface area contributed by atoms with Crippen LogP contribution in [0.25, 0.3) is 10.9 Å². The summed E-state index contributed by atoms with van der Waals surface area (Å²) < 4.78 is 0. The van der Waals surface area contributed by atoms with Crippen LogP contribution in [0.4, 0.5) is 0 Å². The predicted octanol–water partition coefficient (Wildman–Crippen LogP) is 2.40. The topological polar surface area (TPSA) is 91.2 Å². The number of nitrogens with one attached hydrogen (secondary N) is 2. The minimum absolute atomic E-state index is 0.161. The Morgan fingerprint density at radius 2 is 1.88 bits per heavy atom. The fourth-order valence-corrected chi connectivity index (χ4v) is 3.93. The van der Waals surface area contributed by atoms with Gasteiger partial charge in [0.15, 0.2) is 0 Å². The number of hydrogen-bond acceptors (Lipinski definition) is 3. The smallest absolute Gasteiger partial charge is 0.256 e. The zero-order chi connectivity index (χ0) is 18.4. The van der Waals surface area contributed by atoms with E-state index in [0.717, 1.165) is 27.7 Å². The third kappa shape index (κ3) is 2.23. The van der Waals surface area contributed by atoms with Crippen LogP contribution >= 0.6 is 0 Å². The van der Waals surface area contributed by atoms with Crippen LogP contribution in [0.5, 0.6) is 0 Å². The zero-order valence-electron chi connectivity index (χ0n) is 14.6. The average Bonchev–Trinajstić information content (AvgIpc) is 3.14. The summed E-state index contributed by atoms with van der Waals surface area (Å²) in [6, 6.07) is 14.5. The molecule has 2 atom stereocenters. The third-order valence-corrected chi connectivity index (χ3v) is 5.15. The highest BCUT2D eigenvalue weighted by Crippen LogP contribution is 2.43. The van der Waals surface area contributed by atoms with Crippen molar-refractivity contribution >= 4 is 22.7 Å². The molecule has 4 N–H and O–H groups in total. The predicted molar refractivity (Wildman–Crippen MR) is 99.3 cm³/mol. The number of para-hydroxylation sites is 1. The first-order chi connectivity index (χ1) is 12.5. The molecule has 2 unspecified atom stereocenters. The second-order valence-corrected chi connectivity index (χ2v) is 6.60. The van der Waals surface area contributed by atoms with Crippen LogP contribution in [-0.4, -0.2) is 27.7 Å². The molecule has 2 aromatic carbocycles. The maximum Gasteiger partial charge on any atom is 0.256 e. The molecule has 3 aromatic rings. The summed E-state index contributed by atoms with van der Waals surface area (Å²) in [5, 5.41) is 1.05. The van der Waals surface area contributed by atoms with Gasteiger partial charge in [0.2, 0.25) is 0 Å². The Balaban J connectivity index is 1.97. The Morgan fingerprint density at radius 1 is 1.19 bits per heavy atom. The van der Waals surface area contributed by atoms with Crippen LogP contribution < -0.4 is 11.3 Å². The van der Waals surface area contributed by atoms with Crippen molar-refractivity contribution in [2.75, 3.05) is 0 Å². The van der Waals surface area contributed by atoms with Gasteiger partial charge in [-0.1, -0.05) is 36.4 Å². The molecule has 0 aliphatic carbocycles. The number of nitrogens with two attached hydrogens (primary N) is 1. The van der Waals surface area contributed by atoms with Gasteiger partial charge >= 0.3 is 0 Å². The molecular weight excluding hydrogens is 328 g/mol. The van der Waals surface area contributed by atoms with Crippen LogP contribution in [-0.2, 0) is 4.79 Å². The van der Waals surface area contributed by atoms with Crippen molar-refractivity contribution in [2.24, 2.45) is 5.84 Å². The van der Waals surface area contributed by atoms with Gasteiger partial charge in [0.05, 0.1) is 6.04 Å². The first kappa shape index (κ1) is 16.4. The first-order valence-corrected chi connectivity index (χ1v) is 8.54. The number of carbonyl (C=O) groups is 2. The van der Waals surface area contributed by atoms with Crippen molar-refractivity contribution in [2.45, 2.75) is 25.9 Å². The number of aryl methyl sites for hydroxylation is 1. The lowest BCUT2D eigenvalue weighted by Crippen LogP contribution is -2.49. The van der Waals surface area contributed by atoms with E-state index in [1.54, 1.807) is 11.8 Å². The van der Waals surface area contributed by atoms with E-state index in [9.17, 15) is 9.59 Å². The molecule has 26 heavy (non-hydrogen) atoms. The molecule has 0 bridgehead atoms. The van der Waals surface area contributed by atoms with Gasteiger partial charge in [0.1, 0.15) is 6.04 Å². The van der Waals surface area contributed by atoms with Crippen LogP contribution in [0, 0.1) is 6.92 Å². The van der Waals surface area contributed by atoms with E-state index >= 15 is 0 Å². The van der Waals surface area contributed by atoms with Gasteiger partial charge in [0, 0.05) is 27.7 Å². The molecule has 6 heteroatoms. The number of H-pyrrole nitrogens is 1. The fraction of sp³-hybridized carbons (Fsp3) is 0.200. The van der Waals surface area contributed by atoms with Crippen molar-refractivity contribution in [1.82, 2.24) is 15.3 Å². The molecule has 0 saturated heterocycles. The Labute approximate surface area is 151 Å². The number of fused-ring (bicyclic) bond motifs is 2. The molecule has 0 fully saturated rings. The van der Waals surface area contributed by atoms with Gasteiger partial charge < -0.3 is 9.88 Å². The SMILES string of the molecule is Cc1[nH]c2ccccc2c1C1c2ccccc2C(=O)N1C(C)C(=O)NN. The Morgan fingerprint density at radius 3 is 2.65 bits per heavy atom. The molecule has 1 aliphatic heterocycles. The minimum Gasteiger partial charge on any atom is -0.358 e. The van der Waals surface area contributed by atoms with Gasteiger partial charge in [-0.25, -0.2) is 5.84 Å². The molecule has 2 amide bonds. The highest BCUT2D eigenvalue weighted by molar-refractivity contribution is 6.03. The Kier molecular flexibility index (Phi) is 3.77. The molecule has 2 heterocycles. The van der Waals surface area contributed by atoms with Gasteiger partial charge in [-0.05, 0) is 31.5 Å². The molecule has 1 aromatic heterocycles. The summed E-state index contributed by atoms with van der Waals surface area (Å²) in [5.74, 6) is 4.78. The van der Waals surface area contributed by atoms with Crippen molar-refractivity contribution in [3.05, 3.63) is 70.9 Å². The van der Waals surface area contributed by atoms with Crippen molar-refractivity contribution in [1.29, 1.82) is 0 Å². The quantitative estimate of drug-likeness (QED) is 0.386. The van der Waals surface area contributed by atoms with Crippen molar-refractivity contribution in [3.63, 3.8) is 0 Å². The highest BCUT2D eigenvalue weighted by atomic mass is 16.2. The summed E-state index contributed by atoms with van der Waals surface area (Å²) in [6.45, 7) is 3.69. The number of carbonyl (C=O) groups excluding carboxylic acids is 2. The number of nitrogens with zero attached hydrogens (tertiary/aromatic N) is 1. The lowest BCUT2D eigenvalue weighted by molar-refractivity contribution is -0.125. The van der Waals surface area contributed by atoms with Gasteiger partial charge in [0.25, 0.3) is 11.8 Å². The maximum atomic E-state index is 13.1. The lowest BCUT2D eigenvalue weighted by Gasteiger charge is -2.30.